The van der Waals surface area contributed by atoms with Crippen LogP contribution in [0.4, 0.5) is 15.3 Å². The Bertz CT molecular complexity index is 3460. The molecule has 12 amide bonds. The molecule has 111 heavy (non-hydrogen) atoms. The van der Waals surface area contributed by atoms with Crippen LogP contribution in [0.25, 0.3) is 0 Å². The number of primary amides is 1. The number of likely N-dealkylation sites (N-methyl/N-ethyl adjacent to an activating group) is 2. The van der Waals surface area contributed by atoms with Gasteiger partial charge in [0.15, 0.2) is 0 Å². The number of methoxy groups -OCH3 is 2. The Morgan fingerprint density at radius 2 is 1.35 bits per heavy atom. The average molecular weight is 1590 g/mol. The Balaban J connectivity index is 0.988. The minimum Gasteiger partial charge on any atom is -0.445 e. The van der Waals surface area contributed by atoms with E-state index in [9.17, 15) is 52.7 Å². The standard InChI is InChI=1S/C79H121N13O17S2/c1-14-53(8)70(61(104-12)48-66(97)91-39-22-26-60(91)71(105-13)54(9)75(110)86-59(76-81-37-46-111-76)47-55-23-17-15-18-24-55)90(11)77(101)68(51(4)5)88-74(100)69(52(6)7)89(10)63(94)34-40-106-42-44-108-45-43-107-41-36-83-79(103)109-49-56-28-30-57(31-29-56)84-72(98)58(25-21-35-82-78(80)102)85-73(99)67(50(2)3)87-62(93)27-19-16-20-38-92-64(95)32-33-65(92)96/h15,17-18,23-24,28-33,37,46,50-54,58-61,67-71H,14,16,19-22,25-27,34-36,38-45,47-49H2,1-13H3,(H,83,103)(H,84,98)(H,85,99)(H,86,110)(H,87,93)(H,88,100)(H3,80,82,102)/t53-,54+,58-,59-,60-,61+,67-,68-,69-,70-,71+/m0/s1. The number of hydrogen-bond acceptors (Lipinski definition) is 20. The molecule has 616 valence electrons. The number of nitrogens with zero attached hydrogens (tertiary/aromatic N) is 5. The average Bonchev–Trinajstić information content (AvgIpc) is 1.69. The highest BCUT2D eigenvalue weighted by Crippen LogP contribution is 2.32. The van der Waals surface area contributed by atoms with Crippen LogP contribution in [0.15, 0.2) is 78.3 Å². The summed E-state index contributed by atoms with van der Waals surface area (Å²) in [5.41, 5.74) is 7.36. The fraction of sp³-hybridized carbons (Fsp3) is 0.633. The van der Waals surface area contributed by atoms with Gasteiger partial charge in [-0.1, -0.05) is 130 Å². The van der Waals surface area contributed by atoms with Crippen LogP contribution in [0.2, 0.25) is 0 Å². The van der Waals surface area contributed by atoms with E-state index in [1.165, 1.54) is 17.1 Å². The second-order valence-corrected chi connectivity index (χ2v) is 30.5. The summed E-state index contributed by atoms with van der Waals surface area (Å²) in [6, 6.07) is 11.0. The Kier molecular flexibility index (Phi) is 41.1. The second-order valence-electron chi connectivity index (χ2n) is 29.2. The predicted octanol–water partition coefficient (Wildman–Crippen LogP) is 6.75. The Morgan fingerprint density at radius 1 is 0.694 bits per heavy atom. The van der Waals surface area contributed by atoms with Crippen LogP contribution >= 0.6 is 23.6 Å². The number of thiocarbonyl (C=S) groups is 1. The van der Waals surface area contributed by atoms with Crippen LogP contribution in [-0.2, 0) is 84.6 Å². The quantitative estimate of drug-likeness (QED) is 0.0164. The highest BCUT2D eigenvalue weighted by molar-refractivity contribution is 7.80. The second kappa shape index (κ2) is 49.1. The predicted molar refractivity (Wildman–Crippen MR) is 425 cm³/mol. The third-order valence-electron chi connectivity index (χ3n) is 19.9. The lowest BCUT2D eigenvalue weighted by atomic mass is 9.89. The summed E-state index contributed by atoms with van der Waals surface area (Å²) in [6.07, 6.45) is 7.32. The molecule has 1 saturated heterocycles. The van der Waals surface area contributed by atoms with Gasteiger partial charge in [0.25, 0.3) is 11.8 Å². The minimum atomic E-state index is -1.07. The Morgan fingerprint density at radius 3 is 1.95 bits per heavy atom. The lowest BCUT2D eigenvalue weighted by Gasteiger charge is -2.41. The van der Waals surface area contributed by atoms with Crippen molar-refractivity contribution in [1.82, 2.24) is 56.5 Å². The summed E-state index contributed by atoms with van der Waals surface area (Å²) >= 11 is 7.66. The van der Waals surface area contributed by atoms with Crippen LogP contribution in [0.5, 0.6) is 0 Å². The zero-order valence-corrected chi connectivity index (χ0v) is 68.6. The van der Waals surface area contributed by atoms with Crippen LogP contribution in [0.3, 0.4) is 0 Å². The first kappa shape index (κ1) is 93.1. The summed E-state index contributed by atoms with van der Waals surface area (Å²) in [6.45, 7) is 19.0. The van der Waals surface area contributed by atoms with Gasteiger partial charge in [0.2, 0.25) is 41.4 Å². The molecule has 2 aliphatic heterocycles. The molecular weight excluding hydrogens is 1470 g/mol. The number of ether oxygens (including phenoxy) is 6. The SMILES string of the molecule is CC[C@H](C)[C@@H]([C@@H](CC(=O)N1CCC[C@H]1[C@H](OC)[C@@H](C)C(=S)N[C@@H](Cc1ccccc1)c1nccs1)OC)N(C)C(=O)[C@@H](NC(=O)[C@H](C(C)C)N(C)C(=O)CCOCCOCCOCCNC(=O)OCc1ccc(NC(=O)[C@H](CCCNC(N)=O)NC(=O)[C@@H](NC(=O)CCCCCN2C(=O)C=CC2=O)C(C)C)cc1)C(C)C. The fourth-order valence-electron chi connectivity index (χ4n) is 13.5. The van der Waals surface area contributed by atoms with Crippen molar-refractivity contribution < 1.29 is 81.2 Å². The van der Waals surface area contributed by atoms with E-state index in [2.05, 4.69) is 54.3 Å². The van der Waals surface area contributed by atoms with Crippen molar-refractivity contribution in [3.8, 4) is 0 Å². The third kappa shape index (κ3) is 30.8. The highest BCUT2D eigenvalue weighted by Gasteiger charge is 2.44. The first-order valence-corrected chi connectivity index (χ1v) is 39.9. The van der Waals surface area contributed by atoms with Crippen molar-refractivity contribution in [3.05, 3.63) is 94.5 Å². The number of benzene rings is 2. The molecule has 2 aliphatic rings. The molecule has 3 aromatic rings. The number of urea groups is 1. The largest absolute Gasteiger partial charge is 0.445 e. The number of amides is 12. The maximum atomic E-state index is 14.8. The Labute approximate surface area is 663 Å². The van der Waals surface area contributed by atoms with Gasteiger partial charge >= 0.3 is 12.1 Å². The molecule has 0 aliphatic carbocycles. The number of imide groups is 1. The number of hydrogen-bond donors (Lipinski definition) is 8. The number of nitrogens with two attached hydrogens (primary N) is 1. The molecule has 5 rings (SSSR count). The molecule has 2 aromatic carbocycles. The molecule has 9 N–H and O–H groups in total. The summed E-state index contributed by atoms with van der Waals surface area (Å²) in [5, 5.41) is 22.9. The van der Waals surface area contributed by atoms with Gasteiger partial charge in [0, 0.05) is 96.2 Å². The van der Waals surface area contributed by atoms with Gasteiger partial charge in [-0.05, 0) is 91.9 Å². The van der Waals surface area contributed by atoms with Crippen molar-refractivity contribution in [1.29, 1.82) is 0 Å². The van der Waals surface area contributed by atoms with E-state index in [4.69, 9.17) is 46.4 Å². The van der Waals surface area contributed by atoms with Gasteiger partial charge in [-0.15, -0.1) is 11.3 Å². The van der Waals surface area contributed by atoms with E-state index < -0.39 is 72.3 Å². The van der Waals surface area contributed by atoms with Gasteiger partial charge in [-0.25, -0.2) is 14.6 Å². The van der Waals surface area contributed by atoms with Crippen molar-refractivity contribution in [2.24, 2.45) is 35.3 Å². The normalized spacial score (nSPS) is 16.2. The molecule has 0 radical (unpaired) electrons. The monoisotopic (exact) mass is 1590 g/mol. The number of thiazole rings is 1. The third-order valence-corrected chi connectivity index (χ3v) is 21.3. The molecule has 1 aromatic heterocycles. The number of aromatic nitrogens is 1. The smallest absolute Gasteiger partial charge is 0.407 e. The zero-order chi connectivity index (χ0) is 81.7. The molecule has 32 heteroatoms. The molecule has 30 nitrogen and oxygen atoms in total. The number of nitrogens with one attached hydrogen (secondary N) is 7. The zero-order valence-electron chi connectivity index (χ0n) is 66.9. The van der Waals surface area contributed by atoms with Crippen molar-refractivity contribution in [2.45, 2.75) is 200 Å². The van der Waals surface area contributed by atoms with Crippen LogP contribution in [0, 0.1) is 29.6 Å². The van der Waals surface area contributed by atoms with Gasteiger partial charge < -0.3 is 86.1 Å². The molecule has 0 unspecified atom stereocenters. The molecule has 1 fully saturated rings. The summed E-state index contributed by atoms with van der Waals surface area (Å²) in [5.74, 6) is -4.92. The Hall–Kier alpha value is -8.53. The number of carbonyl (C=O) groups excluding carboxylic acids is 11. The van der Waals surface area contributed by atoms with Crippen molar-refractivity contribution >= 4 is 99.5 Å². The number of likely N-dealkylation sites (tertiary alicyclic amines) is 1. The van der Waals surface area contributed by atoms with E-state index in [1.807, 2.05) is 76.9 Å². The van der Waals surface area contributed by atoms with Crippen LogP contribution in [-0.4, -0.2) is 237 Å². The number of rotatable bonds is 51. The summed E-state index contributed by atoms with van der Waals surface area (Å²) < 4.78 is 34.7. The lowest BCUT2D eigenvalue weighted by molar-refractivity contribution is -0.148. The maximum Gasteiger partial charge on any atom is 0.407 e. The fourth-order valence-corrected chi connectivity index (χ4v) is 14.5. The summed E-state index contributed by atoms with van der Waals surface area (Å²) in [7, 11) is 6.47. The van der Waals surface area contributed by atoms with Crippen molar-refractivity contribution in [3.63, 3.8) is 0 Å². The minimum absolute atomic E-state index is 0.000797. The maximum absolute atomic E-state index is 14.8. The highest BCUT2D eigenvalue weighted by atomic mass is 32.1. The number of anilines is 1. The number of unbranched alkanes of at least 4 members (excludes halogenated alkanes) is 2. The van der Waals surface area contributed by atoms with Gasteiger partial charge in [0.1, 0.15) is 35.8 Å². The molecule has 3 heterocycles. The van der Waals surface area contributed by atoms with E-state index >= 15 is 0 Å². The molecular formula is C79H121N13O17S2. The van der Waals surface area contributed by atoms with E-state index in [0.717, 1.165) is 28.3 Å². The first-order chi connectivity index (χ1) is 53.0. The topological polar surface area (TPSA) is 379 Å². The molecule has 0 saturated carbocycles. The van der Waals surface area contributed by atoms with E-state index in [1.54, 1.807) is 88.9 Å². The van der Waals surface area contributed by atoms with Gasteiger partial charge in [0.05, 0.1) is 87.8 Å². The number of alkyl carbamates (subject to hydrolysis) is 1. The number of carbonyl (C=O) groups is 11. The van der Waals surface area contributed by atoms with Crippen molar-refractivity contribution in [2.75, 3.05) is 99.5 Å². The van der Waals surface area contributed by atoms with Crippen LogP contribution in [0.1, 0.15) is 155 Å². The first-order valence-electron chi connectivity index (χ1n) is 38.6. The molecule has 11 atom stereocenters. The lowest BCUT2D eigenvalue weighted by Crippen LogP contribution is -2.60. The van der Waals surface area contributed by atoms with E-state index in [-0.39, 0.29) is 175 Å². The molecule has 0 spiro atoms. The van der Waals surface area contributed by atoms with Crippen LogP contribution < -0.4 is 43.0 Å². The van der Waals surface area contributed by atoms with Gasteiger partial charge in [-0.3, -0.25) is 48.1 Å². The molecule has 0 bridgehead atoms. The van der Waals surface area contributed by atoms with Gasteiger partial charge in [-0.2, -0.15) is 0 Å². The van der Waals surface area contributed by atoms with E-state index in [0.29, 0.717) is 54.9 Å². The summed E-state index contributed by atoms with van der Waals surface area (Å²) in [4.78, 5) is 156.